The molecule has 1 saturated heterocycles. The Morgan fingerprint density at radius 1 is 1.33 bits per heavy atom. The number of hydrogen-bond donors (Lipinski definition) is 2. The molecule has 1 saturated carbocycles. The zero-order valence-corrected chi connectivity index (χ0v) is 11.2. The third-order valence-corrected chi connectivity index (χ3v) is 4.64. The number of amides is 1. The van der Waals surface area contributed by atoms with Gasteiger partial charge in [-0.05, 0) is 12.8 Å². The number of aliphatic carboxylic acids is 1. The van der Waals surface area contributed by atoms with E-state index in [0.717, 1.165) is 43.7 Å². The van der Waals surface area contributed by atoms with Gasteiger partial charge in [-0.2, -0.15) is 11.8 Å². The fourth-order valence-electron chi connectivity index (χ4n) is 2.67. The Morgan fingerprint density at radius 2 is 2.06 bits per heavy atom. The van der Waals surface area contributed by atoms with Gasteiger partial charge in [-0.1, -0.05) is 12.8 Å². The molecule has 6 heteroatoms. The number of nitrogens with zero attached hydrogens (tertiary/aromatic N) is 1. The van der Waals surface area contributed by atoms with E-state index in [4.69, 9.17) is 5.11 Å². The minimum atomic E-state index is -0.918. The van der Waals surface area contributed by atoms with Crippen molar-refractivity contribution in [1.82, 2.24) is 10.2 Å². The maximum Gasteiger partial charge on any atom is 0.323 e. The average Bonchev–Trinajstić information content (AvgIpc) is 2.89. The molecular weight excluding hydrogens is 252 g/mol. The number of carbonyl (C=O) groups is 2. The molecule has 1 atom stereocenters. The van der Waals surface area contributed by atoms with Crippen molar-refractivity contribution in [3.05, 3.63) is 0 Å². The molecule has 2 rings (SSSR count). The van der Waals surface area contributed by atoms with Gasteiger partial charge in [0.25, 0.3) is 0 Å². The summed E-state index contributed by atoms with van der Waals surface area (Å²) >= 11 is 1.75. The summed E-state index contributed by atoms with van der Waals surface area (Å²) in [4.78, 5) is 24.9. The molecule has 1 unspecified atom stereocenters. The molecule has 0 spiro atoms. The summed E-state index contributed by atoms with van der Waals surface area (Å²) in [6.07, 6.45) is 4.08. The number of carboxylic acids is 1. The monoisotopic (exact) mass is 272 g/mol. The normalized spacial score (nSPS) is 25.0. The molecule has 2 aliphatic rings. The van der Waals surface area contributed by atoms with Crippen LogP contribution in [-0.4, -0.2) is 58.6 Å². The quantitative estimate of drug-likeness (QED) is 0.782. The molecule has 0 radical (unpaired) electrons. The second-order valence-electron chi connectivity index (χ2n) is 4.88. The van der Waals surface area contributed by atoms with Gasteiger partial charge in [0.05, 0.1) is 6.04 Å². The summed E-state index contributed by atoms with van der Waals surface area (Å²) in [6.45, 7) is 0.666. The van der Waals surface area contributed by atoms with Crippen LogP contribution >= 0.6 is 11.8 Å². The molecule has 0 bridgehead atoms. The average molecular weight is 272 g/mol. The predicted molar refractivity (Wildman–Crippen MR) is 70.7 cm³/mol. The number of rotatable bonds is 4. The van der Waals surface area contributed by atoms with Crippen LogP contribution < -0.4 is 5.32 Å². The summed E-state index contributed by atoms with van der Waals surface area (Å²) in [6, 6.07) is -0.0778. The Bertz CT molecular complexity index is 312. The summed E-state index contributed by atoms with van der Waals surface area (Å²) in [7, 11) is 0. The molecule has 5 nitrogen and oxygen atoms in total. The molecule has 2 N–H and O–H groups in total. The zero-order valence-electron chi connectivity index (χ0n) is 10.4. The SMILES string of the molecule is O=C(O)CN(C(=O)C1CSCCN1)C1CCCC1. The first-order chi connectivity index (χ1) is 8.68. The molecule has 0 aromatic rings. The molecule has 102 valence electrons. The largest absolute Gasteiger partial charge is 0.480 e. The fraction of sp³-hybridized carbons (Fsp3) is 0.833. The van der Waals surface area contributed by atoms with Crippen LogP contribution in [0.15, 0.2) is 0 Å². The van der Waals surface area contributed by atoms with Crippen LogP contribution in [0.2, 0.25) is 0 Å². The molecule has 1 aliphatic heterocycles. The lowest BCUT2D eigenvalue weighted by molar-refractivity contribution is -0.147. The molecule has 18 heavy (non-hydrogen) atoms. The van der Waals surface area contributed by atoms with Crippen LogP contribution in [0, 0.1) is 0 Å². The molecule has 1 amide bonds. The summed E-state index contributed by atoms with van der Waals surface area (Å²) < 4.78 is 0. The Morgan fingerprint density at radius 3 is 2.61 bits per heavy atom. The zero-order chi connectivity index (χ0) is 13.0. The van der Waals surface area contributed by atoms with Gasteiger partial charge in [-0.25, -0.2) is 0 Å². The summed E-state index contributed by atoms with van der Waals surface area (Å²) in [5.74, 6) is 0.823. The third kappa shape index (κ3) is 3.38. The Hall–Kier alpha value is -0.750. The van der Waals surface area contributed by atoms with Gasteiger partial charge in [-0.3, -0.25) is 9.59 Å². The van der Waals surface area contributed by atoms with Gasteiger partial charge in [0.1, 0.15) is 6.54 Å². The highest BCUT2D eigenvalue weighted by atomic mass is 32.2. The summed E-state index contributed by atoms with van der Waals surface area (Å²) in [5.41, 5.74) is 0. The van der Waals surface area contributed by atoms with Crippen LogP contribution in [0.25, 0.3) is 0 Å². The molecule has 0 aromatic carbocycles. The van der Waals surface area contributed by atoms with Gasteiger partial charge in [0, 0.05) is 24.1 Å². The van der Waals surface area contributed by atoms with Gasteiger partial charge in [-0.15, -0.1) is 0 Å². The lowest BCUT2D eigenvalue weighted by Gasteiger charge is -2.32. The standard InChI is InChI=1S/C12H20N2O3S/c15-11(16)7-14(9-3-1-2-4-9)12(17)10-8-18-6-5-13-10/h9-10,13H,1-8H2,(H,15,16). The predicted octanol–water partition coefficient (Wildman–Crippen LogP) is 0.547. The second kappa shape index (κ2) is 6.43. The van der Waals surface area contributed by atoms with Crippen LogP contribution in [-0.2, 0) is 9.59 Å². The smallest absolute Gasteiger partial charge is 0.323 e. The summed E-state index contributed by atoms with van der Waals surface area (Å²) in [5, 5.41) is 12.2. The highest BCUT2D eigenvalue weighted by Gasteiger charge is 2.33. The number of thioether (sulfide) groups is 1. The molecule has 2 fully saturated rings. The van der Waals surface area contributed by atoms with Crippen molar-refractivity contribution in [2.45, 2.75) is 37.8 Å². The molecule has 1 heterocycles. The van der Waals surface area contributed by atoms with Gasteiger partial charge >= 0.3 is 5.97 Å². The maximum absolute atomic E-state index is 12.4. The van der Waals surface area contributed by atoms with Crippen molar-refractivity contribution in [2.75, 3.05) is 24.6 Å². The van der Waals surface area contributed by atoms with E-state index in [1.807, 2.05) is 0 Å². The number of carboxylic acid groups (broad SMARTS) is 1. The van der Waals surface area contributed by atoms with Crippen molar-refractivity contribution in [2.24, 2.45) is 0 Å². The van der Waals surface area contributed by atoms with Crippen molar-refractivity contribution in [1.29, 1.82) is 0 Å². The molecule has 1 aliphatic carbocycles. The minimum absolute atomic E-state index is 0.0310. The van der Waals surface area contributed by atoms with E-state index in [1.165, 1.54) is 0 Å². The number of carbonyl (C=O) groups excluding carboxylic acids is 1. The minimum Gasteiger partial charge on any atom is -0.480 e. The Balaban J connectivity index is 2.01. The van der Waals surface area contributed by atoms with Crippen LogP contribution in [0.3, 0.4) is 0 Å². The maximum atomic E-state index is 12.4. The first-order valence-electron chi connectivity index (χ1n) is 6.52. The van der Waals surface area contributed by atoms with Crippen molar-refractivity contribution < 1.29 is 14.7 Å². The highest BCUT2D eigenvalue weighted by Crippen LogP contribution is 2.24. The molecular formula is C12H20N2O3S. The van der Waals surface area contributed by atoms with E-state index >= 15 is 0 Å². The van der Waals surface area contributed by atoms with Gasteiger partial charge in [0.15, 0.2) is 0 Å². The van der Waals surface area contributed by atoms with E-state index in [0.29, 0.717) is 0 Å². The van der Waals surface area contributed by atoms with E-state index in [9.17, 15) is 9.59 Å². The van der Waals surface area contributed by atoms with Crippen molar-refractivity contribution in [3.63, 3.8) is 0 Å². The van der Waals surface area contributed by atoms with Gasteiger partial charge < -0.3 is 15.3 Å². The molecule has 0 aromatic heterocycles. The van der Waals surface area contributed by atoms with Crippen molar-refractivity contribution in [3.8, 4) is 0 Å². The fourth-order valence-corrected chi connectivity index (χ4v) is 3.60. The first-order valence-corrected chi connectivity index (χ1v) is 7.67. The van der Waals surface area contributed by atoms with Crippen LogP contribution in [0.4, 0.5) is 0 Å². The van der Waals surface area contributed by atoms with Crippen LogP contribution in [0.1, 0.15) is 25.7 Å². The Labute approximate surface area is 111 Å². The van der Waals surface area contributed by atoms with E-state index in [1.54, 1.807) is 16.7 Å². The number of hydrogen-bond acceptors (Lipinski definition) is 4. The lowest BCUT2D eigenvalue weighted by atomic mass is 10.1. The third-order valence-electron chi connectivity index (χ3n) is 3.57. The first kappa shape index (κ1) is 13.7. The topological polar surface area (TPSA) is 69.6 Å². The Kier molecular flexibility index (Phi) is 4.88. The van der Waals surface area contributed by atoms with E-state index in [-0.39, 0.29) is 24.5 Å². The number of nitrogens with one attached hydrogen (secondary N) is 1. The second-order valence-corrected chi connectivity index (χ2v) is 6.03. The van der Waals surface area contributed by atoms with Crippen LogP contribution in [0.5, 0.6) is 0 Å². The highest BCUT2D eigenvalue weighted by molar-refractivity contribution is 7.99. The van der Waals surface area contributed by atoms with E-state index < -0.39 is 5.97 Å². The van der Waals surface area contributed by atoms with E-state index in [2.05, 4.69) is 5.32 Å². The van der Waals surface area contributed by atoms with Gasteiger partial charge in [0.2, 0.25) is 5.91 Å². The van der Waals surface area contributed by atoms with Crippen molar-refractivity contribution >= 4 is 23.6 Å². The lowest BCUT2D eigenvalue weighted by Crippen LogP contribution is -2.54.